The van der Waals surface area contributed by atoms with E-state index in [0.717, 1.165) is 31.2 Å². The van der Waals surface area contributed by atoms with Crippen LogP contribution < -0.4 is 10.1 Å². The molecule has 25 heavy (non-hydrogen) atoms. The summed E-state index contributed by atoms with van der Waals surface area (Å²) in [6.45, 7) is 2.94. The van der Waals surface area contributed by atoms with Crippen molar-refractivity contribution in [3.05, 3.63) is 41.5 Å². The zero-order chi connectivity index (χ0) is 17.2. The summed E-state index contributed by atoms with van der Waals surface area (Å²) in [5, 5.41) is 12.3. The first-order valence-corrected chi connectivity index (χ1v) is 8.85. The SMILES string of the molecule is COc1cccc(C(=O)N2CCn3c(nnc3[C@@H]3CCCCN3)C2)c1. The van der Waals surface area contributed by atoms with Crippen molar-refractivity contribution in [3.63, 3.8) is 0 Å². The number of piperidine rings is 1. The number of ether oxygens (including phenoxy) is 1. The minimum absolute atomic E-state index is 0.00508. The second kappa shape index (κ2) is 6.84. The summed E-state index contributed by atoms with van der Waals surface area (Å²) in [5.41, 5.74) is 0.640. The van der Waals surface area contributed by atoms with Crippen molar-refractivity contribution in [1.82, 2.24) is 25.0 Å². The minimum Gasteiger partial charge on any atom is -0.497 e. The van der Waals surface area contributed by atoms with E-state index in [2.05, 4.69) is 20.1 Å². The van der Waals surface area contributed by atoms with Gasteiger partial charge in [0.05, 0.1) is 19.7 Å². The van der Waals surface area contributed by atoms with Crippen LogP contribution in [-0.2, 0) is 13.1 Å². The third-order valence-electron chi connectivity index (χ3n) is 5.01. The summed E-state index contributed by atoms with van der Waals surface area (Å²) < 4.78 is 7.39. The lowest BCUT2D eigenvalue weighted by Gasteiger charge is -2.30. The van der Waals surface area contributed by atoms with Crippen LogP contribution >= 0.6 is 0 Å². The van der Waals surface area contributed by atoms with Crippen LogP contribution in [-0.4, -0.2) is 45.8 Å². The zero-order valence-electron chi connectivity index (χ0n) is 14.4. The number of nitrogens with one attached hydrogen (secondary N) is 1. The number of nitrogens with zero attached hydrogens (tertiary/aromatic N) is 4. The third kappa shape index (κ3) is 3.11. The van der Waals surface area contributed by atoms with Gasteiger partial charge >= 0.3 is 0 Å². The summed E-state index contributed by atoms with van der Waals surface area (Å²) in [6, 6.07) is 7.56. The lowest BCUT2D eigenvalue weighted by Crippen LogP contribution is -2.39. The van der Waals surface area contributed by atoms with E-state index in [1.54, 1.807) is 13.2 Å². The highest BCUT2D eigenvalue weighted by atomic mass is 16.5. The van der Waals surface area contributed by atoms with E-state index in [-0.39, 0.29) is 11.9 Å². The molecular formula is C18H23N5O2. The molecule has 0 spiro atoms. The Morgan fingerprint density at radius 2 is 2.20 bits per heavy atom. The van der Waals surface area contributed by atoms with Crippen molar-refractivity contribution in [1.29, 1.82) is 0 Å². The number of amides is 1. The van der Waals surface area contributed by atoms with Gasteiger partial charge in [-0.05, 0) is 37.6 Å². The zero-order valence-corrected chi connectivity index (χ0v) is 14.4. The third-order valence-corrected chi connectivity index (χ3v) is 5.01. The summed E-state index contributed by atoms with van der Waals surface area (Å²) in [6.07, 6.45) is 3.55. The van der Waals surface area contributed by atoms with Gasteiger partial charge in [0.15, 0.2) is 5.82 Å². The highest BCUT2D eigenvalue weighted by molar-refractivity contribution is 5.94. The topological polar surface area (TPSA) is 72.3 Å². The Hall–Kier alpha value is -2.41. The number of aromatic nitrogens is 3. The molecule has 1 fully saturated rings. The first-order valence-electron chi connectivity index (χ1n) is 8.85. The van der Waals surface area contributed by atoms with E-state index in [1.807, 2.05) is 23.1 Å². The molecule has 0 unspecified atom stereocenters. The Balaban J connectivity index is 1.51. The maximum absolute atomic E-state index is 12.8. The van der Waals surface area contributed by atoms with Crippen molar-refractivity contribution in [3.8, 4) is 5.75 Å². The Morgan fingerprint density at radius 1 is 1.28 bits per heavy atom. The quantitative estimate of drug-likeness (QED) is 0.921. The van der Waals surface area contributed by atoms with Crippen molar-refractivity contribution >= 4 is 5.91 Å². The van der Waals surface area contributed by atoms with E-state index in [1.165, 1.54) is 12.8 Å². The largest absolute Gasteiger partial charge is 0.497 e. The first-order chi connectivity index (χ1) is 12.3. The summed E-state index contributed by atoms with van der Waals surface area (Å²) in [4.78, 5) is 14.6. The van der Waals surface area contributed by atoms with Gasteiger partial charge in [-0.3, -0.25) is 4.79 Å². The van der Waals surface area contributed by atoms with Crippen LogP contribution in [0.25, 0.3) is 0 Å². The smallest absolute Gasteiger partial charge is 0.254 e. The average Bonchev–Trinajstić information content (AvgIpc) is 3.11. The lowest BCUT2D eigenvalue weighted by atomic mass is 10.0. The molecule has 3 heterocycles. The van der Waals surface area contributed by atoms with Crippen LogP contribution in [0, 0.1) is 0 Å². The number of benzene rings is 1. The molecule has 2 aliphatic rings. The second-order valence-electron chi connectivity index (χ2n) is 6.59. The van der Waals surface area contributed by atoms with Crippen molar-refractivity contribution < 1.29 is 9.53 Å². The van der Waals surface area contributed by atoms with Crippen LogP contribution in [0.3, 0.4) is 0 Å². The molecule has 1 atom stereocenters. The van der Waals surface area contributed by atoms with Gasteiger partial charge in [0.2, 0.25) is 0 Å². The molecule has 1 aromatic heterocycles. The molecule has 0 aliphatic carbocycles. The predicted molar refractivity (Wildman–Crippen MR) is 92.4 cm³/mol. The molecule has 7 nitrogen and oxygen atoms in total. The fraction of sp³-hybridized carbons (Fsp3) is 0.500. The molecule has 1 saturated heterocycles. The fourth-order valence-corrected chi connectivity index (χ4v) is 3.62. The van der Waals surface area contributed by atoms with Crippen molar-refractivity contribution in [2.75, 3.05) is 20.2 Å². The van der Waals surface area contributed by atoms with E-state index < -0.39 is 0 Å². The van der Waals surface area contributed by atoms with Crippen LogP contribution in [0.2, 0.25) is 0 Å². The van der Waals surface area contributed by atoms with Gasteiger partial charge < -0.3 is 19.5 Å². The van der Waals surface area contributed by atoms with Gasteiger partial charge in [-0.1, -0.05) is 12.5 Å². The highest BCUT2D eigenvalue weighted by Gasteiger charge is 2.28. The van der Waals surface area contributed by atoms with Crippen molar-refractivity contribution in [2.45, 2.75) is 38.4 Å². The molecular weight excluding hydrogens is 318 g/mol. The number of carbonyl (C=O) groups excluding carboxylic acids is 1. The van der Waals surface area contributed by atoms with E-state index in [0.29, 0.717) is 24.4 Å². The lowest BCUT2D eigenvalue weighted by molar-refractivity contribution is 0.0705. The minimum atomic E-state index is 0.00508. The first kappa shape index (κ1) is 16.1. The molecule has 1 N–H and O–H groups in total. The van der Waals surface area contributed by atoms with Crippen LogP contribution in [0.15, 0.2) is 24.3 Å². The standard InChI is InChI=1S/C18H23N5O2/c1-25-14-6-4-5-13(11-14)18(24)22-9-10-23-16(12-22)20-21-17(23)15-7-2-3-8-19-15/h4-6,11,15,19H,2-3,7-10,12H2,1H3/t15-/m0/s1. The summed E-state index contributed by atoms with van der Waals surface area (Å²) in [7, 11) is 1.60. The van der Waals surface area contributed by atoms with Gasteiger partial charge in [-0.2, -0.15) is 0 Å². The van der Waals surface area contributed by atoms with E-state index >= 15 is 0 Å². The number of rotatable bonds is 3. The fourth-order valence-electron chi connectivity index (χ4n) is 3.62. The maximum atomic E-state index is 12.8. The van der Waals surface area contributed by atoms with Gasteiger partial charge in [0, 0.05) is 18.7 Å². The second-order valence-corrected chi connectivity index (χ2v) is 6.59. The van der Waals surface area contributed by atoms with Crippen LogP contribution in [0.5, 0.6) is 5.75 Å². The maximum Gasteiger partial charge on any atom is 0.254 e. The molecule has 2 aliphatic heterocycles. The van der Waals surface area contributed by atoms with Crippen LogP contribution in [0.1, 0.15) is 47.3 Å². The van der Waals surface area contributed by atoms with Gasteiger partial charge in [0.1, 0.15) is 11.6 Å². The van der Waals surface area contributed by atoms with Crippen molar-refractivity contribution in [2.24, 2.45) is 0 Å². The Morgan fingerprint density at radius 3 is 3.00 bits per heavy atom. The average molecular weight is 341 g/mol. The summed E-state index contributed by atoms with van der Waals surface area (Å²) in [5.74, 6) is 2.58. The molecule has 0 radical (unpaired) electrons. The highest BCUT2D eigenvalue weighted by Crippen LogP contribution is 2.25. The normalized spacial score (nSPS) is 20.2. The molecule has 1 aromatic carbocycles. The molecule has 0 bridgehead atoms. The molecule has 2 aromatic rings. The Labute approximate surface area is 147 Å². The van der Waals surface area contributed by atoms with E-state index in [9.17, 15) is 4.79 Å². The monoisotopic (exact) mass is 341 g/mol. The van der Waals surface area contributed by atoms with E-state index in [4.69, 9.17) is 4.74 Å². The number of hydrogen-bond donors (Lipinski definition) is 1. The van der Waals surface area contributed by atoms with Gasteiger partial charge in [-0.15, -0.1) is 10.2 Å². The summed E-state index contributed by atoms with van der Waals surface area (Å²) >= 11 is 0. The molecule has 1 amide bonds. The molecule has 132 valence electrons. The number of methoxy groups -OCH3 is 1. The predicted octanol–water partition coefficient (Wildman–Crippen LogP) is 1.76. The van der Waals surface area contributed by atoms with Crippen LogP contribution in [0.4, 0.5) is 0 Å². The number of carbonyl (C=O) groups is 1. The number of hydrogen-bond acceptors (Lipinski definition) is 5. The Bertz CT molecular complexity index is 767. The van der Waals surface area contributed by atoms with Gasteiger partial charge in [-0.25, -0.2) is 0 Å². The molecule has 7 heteroatoms. The Kier molecular flexibility index (Phi) is 4.40. The van der Waals surface area contributed by atoms with Gasteiger partial charge in [0.25, 0.3) is 5.91 Å². The number of fused-ring (bicyclic) bond motifs is 1. The molecule has 0 saturated carbocycles. The molecule has 4 rings (SSSR count).